The van der Waals surface area contributed by atoms with Gasteiger partial charge in [-0.1, -0.05) is 58.9 Å². The van der Waals surface area contributed by atoms with Crippen LogP contribution in [0.3, 0.4) is 0 Å². The van der Waals surface area contributed by atoms with Gasteiger partial charge in [-0.3, -0.25) is 0 Å². The Morgan fingerprint density at radius 2 is 2.13 bits per heavy atom. The summed E-state index contributed by atoms with van der Waals surface area (Å²) in [7, 11) is 1.62. The van der Waals surface area contributed by atoms with Gasteiger partial charge in [-0.2, -0.15) is 5.26 Å². The molecular weight excluding hydrogens is 628 g/mol. The van der Waals surface area contributed by atoms with E-state index in [9.17, 15) is 5.26 Å². The third-order valence-electron chi connectivity index (χ3n) is 6.33. The fraction of sp³-hybridized carbons (Fsp3) is 0.320. The predicted molar refractivity (Wildman–Crippen MR) is 147 cm³/mol. The number of aromatic nitrogens is 5. The minimum Gasteiger partial charge on any atom is -0.375 e. The van der Waals surface area contributed by atoms with E-state index in [1.807, 2.05) is 42.6 Å². The molecule has 0 N–H and O–H groups in total. The lowest BCUT2D eigenvalue weighted by molar-refractivity contribution is -0.308. The number of nitriles is 1. The molecule has 14 heteroatoms. The first-order valence-corrected chi connectivity index (χ1v) is 14.7. The van der Waals surface area contributed by atoms with Crippen LogP contribution in [0, 0.1) is 11.3 Å². The van der Waals surface area contributed by atoms with E-state index in [0.29, 0.717) is 33.1 Å². The van der Waals surface area contributed by atoms with Gasteiger partial charge in [0, 0.05) is 33.6 Å². The Hall–Kier alpha value is -2.41. The van der Waals surface area contributed by atoms with E-state index in [-0.39, 0.29) is 0 Å². The van der Waals surface area contributed by atoms with Crippen molar-refractivity contribution in [1.29, 1.82) is 5.26 Å². The van der Waals surface area contributed by atoms with Gasteiger partial charge < -0.3 is 18.9 Å². The molecule has 0 spiro atoms. The smallest absolute Gasteiger partial charge is 0.184 e. The third-order valence-corrected chi connectivity index (χ3v) is 9.13. The van der Waals surface area contributed by atoms with Crippen LogP contribution in [0.4, 0.5) is 0 Å². The zero-order valence-corrected chi connectivity index (χ0v) is 24.2. The second-order valence-corrected chi connectivity index (χ2v) is 12.0. The Kier molecular flexibility index (Phi) is 7.97. The van der Waals surface area contributed by atoms with Gasteiger partial charge in [0.15, 0.2) is 12.0 Å². The van der Waals surface area contributed by atoms with Crippen LogP contribution in [0.15, 0.2) is 63.5 Å². The van der Waals surface area contributed by atoms with Crippen LogP contribution in [-0.2, 0) is 18.9 Å². The standard InChI is InChI=1S/C25H20BrClN6O4S2/c1-34-22-20(33-10-16(31-32-33)23-30-19(27)12-38-23)21-17(11-35-24(37-21)13-5-3-2-4-6-13)36-25(22)39-18-7-14(26)9-29-15(18)8-28/h2-7,9-10,12,17,20-22,24-25H,11H2,1H3. The second-order valence-electron chi connectivity index (χ2n) is 8.70. The molecular formula is C25H20BrClN6O4S2. The highest BCUT2D eigenvalue weighted by Gasteiger charge is 2.52. The largest absolute Gasteiger partial charge is 0.375 e. The lowest BCUT2D eigenvalue weighted by Crippen LogP contribution is -2.59. The Labute approximate surface area is 245 Å². The van der Waals surface area contributed by atoms with Crippen LogP contribution in [0.1, 0.15) is 23.6 Å². The number of fused-ring (bicyclic) bond motifs is 1. The summed E-state index contributed by atoms with van der Waals surface area (Å²) in [5.74, 6) is 0. The van der Waals surface area contributed by atoms with Crippen LogP contribution < -0.4 is 0 Å². The molecule has 2 aliphatic rings. The fourth-order valence-corrected chi connectivity index (χ4v) is 7.24. The Bertz CT molecular complexity index is 1500. The number of thioether (sulfide) groups is 1. The molecule has 0 bridgehead atoms. The number of methoxy groups -OCH3 is 1. The van der Waals surface area contributed by atoms with Gasteiger partial charge in [-0.25, -0.2) is 14.6 Å². The van der Waals surface area contributed by atoms with Crippen molar-refractivity contribution in [2.45, 2.75) is 41.0 Å². The highest BCUT2D eigenvalue weighted by Crippen LogP contribution is 2.45. The summed E-state index contributed by atoms with van der Waals surface area (Å²) in [5.41, 5.74) is 1.25. The molecule has 4 aromatic rings. The van der Waals surface area contributed by atoms with E-state index in [1.54, 1.807) is 23.4 Å². The molecule has 200 valence electrons. The average Bonchev–Trinajstić information content (AvgIpc) is 3.62. The summed E-state index contributed by atoms with van der Waals surface area (Å²) >= 11 is 12.2. The lowest BCUT2D eigenvalue weighted by atomic mass is 9.96. The lowest BCUT2D eigenvalue weighted by Gasteiger charge is -2.48. The molecule has 6 atom stereocenters. The molecule has 6 rings (SSSR count). The van der Waals surface area contributed by atoms with Gasteiger partial charge in [0.25, 0.3) is 0 Å². The van der Waals surface area contributed by atoms with Crippen molar-refractivity contribution in [2.75, 3.05) is 13.7 Å². The van der Waals surface area contributed by atoms with E-state index in [1.165, 1.54) is 23.1 Å². The van der Waals surface area contributed by atoms with Crippen LogP contribution >= 0.6 is 50.6 Å². The summed E-state index contributed by atoms with van der Waals surface area (Å²) in [6.07, 6.45) is 1.37. The van der Waals surface area contributed by atoms with Crippen molar-refractivity contribution in [3.63, 3.8) is 0 Å². The maximum absolute atomic E-state index is 9.64. The van der Waals surface area contributed by atoms with Gasteiger partial charge in [-0.05, 0) is 22.0 Å². The minimum atomic E-state index is -0.583. The maximum atomic E-state index is 9.64. The first-order valence-electron chi connectivity index (χ1n) is 11.8. The molecule has 0 radical (unpaired) electrons. The number of nitrogens with zero attached hydrogens (tertiary/aromatic N) is 6. The van der Waals surface area contributed by atoms with Gasteiger partial charge in [0.2, 0.25) is 0 Å². The molecule has 39 heavy (non-hydrogen) atoms. The van der Waals surface area contributed by atoms with Gasteiger partial charge in [0.1, 0.15) is 51.7 Å². The summed E-state index contributed by atoms with van der Waals surface area (Å²) in [6, 6.07) is 13.3. The Morgan fingerprint density at radius 3 is 2.87 bits per heavy atom. The van der Waals surface area contributed by atoms with Crippen molar-refractivity contribution in [3.8, 4) is 16.8 Å². The minimum absolute atomic E-state index is 0.291. The molecule has 0 saturated carbocycles. The van der Waals surface area contributed by atoms with Crippen molar-refractivity contribution >= 4 is 50.6 Å². The third kappa shape index (κ3) is 5.48. The Balaban J connectivity index is 1.37. The SMILES string of the molecule is COC1C(Sc2cc(Br)cnc2C#N)OC2COC(c3ccccc3)OC2C1n1cc(-c2nc(Cl)cs2)nn1. The molecule has 5 heterocycles. The number of pyridine rings is 1. The van der Waals surface area contributed by atoms with E-state index < -0.39 is 36.1 Å². The number of halogens is 2. The number of rotatable bonds is 6. The average molecular weight is 648 g/mol. The van der Waals surface area contributed by atoms with Gasteiger partial charge in [0.05, 0.1) is 12.8 Å². The molecule has 6 unspecified atom stereocenters. The van der Waals surface area contributed by atoms with Crippen molar-refractivity contribution < 1.29 is 18.9 Å². The molecule has 0 aliphatic carbocycles. The monoisotopic (exact) mass is 646 g/mol. The van der Waals surface area contributed by atoms with E-state index in [2.05, 4.69) is 42.3 Å². The first-order chi connectivity index (χ1) is 19.0. The predicted octanol–water partition coefficient (Wildman–Crippen LogP) is 5.27. The van der Waals surface area contributed by atoms with Crippen LogP contribution in [-0.4, -0.2) is 62.4 Å². The topological polar surface area (TPSA) is 117 Å². The highest BCUT2D eigenvalue weighted by molar-refractivity contribution is 9.10. The maximum Gasteiger partial charge on any atom is 0.184 e. The van der Waals surface area contributed by atoms with E-state index in [4.69, 9.17) is 30.5 Å². The zero-order valence-electron chi connectivity index (χ0n) is 20.3. The number of thiazole rings is 1. The van der Waals surface area contributed by atoms with Crippen LogP contribution in [0.25, 0.3) is 10.7 Å². The highest BCUT2D eigenvalue weighted by atomic mass is 79.9. The molecule has 1 aromatic carbocycles. The summed E-state index contributed by atoms with van der Waals surface area (Å²) < 4.78 is 27.7. The molecule has 2 aliphatic heterocycles. The van der Waals surface area contributed by atoms with E-state index in [0.717, 1.165) is 10.0 Å². The molecule has 2 saturated heterocycles. The molecule has 2 fully saturated rings. The normalized spacial score (nSPS) is 26.6. The Morgan fingerprint density at radius 1 is 1.28 bits per heavy atom. The number of hydrogen-bond donors (Lipinski definition) is 0. The second kappa shape index (κ2) is 11.6. The zero-order chi connectivity index (χ0) is 26.9. The quantitative estimate of drug-likeness (QED) is 0.274. The number of ether oxygens (including phenoxy) is 4. The summed E-state index contributed by atoms with van der Waals surface area (Å²) in [5, 5.41) is 21.3. The molecule has 10 nitrogen and oxygen atoms in total. The summed E-state index contributed by atoms with van der Waals surface area (Å²) in [6.45, 7) is 0.291. The first kappa shape index (κ1) is 26.8. The van der Waals surface area contributed by atoms with E-state index >= 15 is 0 Å². The van der Waals surface area contributed by atoms with Crippen molar-refractivity contribution in [2.24, 2.45) is 0 Å². The van der Waals surface area contributed by atoms with Gasteiger partial charge >= 0.3 is 0 Å². The van der Waals surface area contributed by atoms with Crippen LogP contribution in [0.2, 0.25) is 5.15 Å². The van der Waals surface area contributed by atoms with Crippen LogP contribution in [0.5, 0.6) is 0 Å². The number of benzene rings is 1. The molecule has 3 aromatic heterocycles. The summed E-state index contributed by atoms with van der Waals surface area (Å²) in [4.78, 5) is 9.22. The van der Waals surface area contributed by atoms with Crippen molar-refractivity contribution in [1.82, 2.24) is 25.0 Å². The van der Waals surface area contributed by atoms with Gasteiger partial charge in [-0.15, -0.1) is 16.4 Å². The molecule has 0 amide bonds. The fourth-order valence-electron chi connectivity index (χ4n) is 4.60. The van der Waals surface area contributed by atoms with Crippen molar-refractivity contribution in [3.05, 3.63) is 75.1 Å². The number of hydrogen-bond acceptors (Lipinski definition) is 11.